The number of rotatable bonds is 6. The first kappa shape index (κ1) is 18.5. The smallest absolute Gasteiger partial charge is 0.380 e. The molecule has 1 aromatic heterocycles. The molecule has 1 fully saturated rings. The van der Waals surface area contributed by atoms with Crippen molar-refractivity contribution in [1.82, 2.24) is 14.9 Å². The van der Waals surface area contributed by atoms with Crippen LogP contribution in [0.25, 0.3) is 0 Å². The summed E-state index contributed by atoms with van der Waals surface area (Å²) in [7, 11) is -5.43. The third-order valence-electron chi connectivity index (χ3n) is 3.50. The second kappa shape index (κ2) is 6.22. The molecule has 1 aliphatic rings. The number of hydrogen-bond acceptors (Lipinski definition) is 8. The van der Waals surface area contributed by atoms with Crippen molar-refractivity contribution in [2.24, 2.45) is 5.73 Å². The summed E-state index contributed by atoms with van der Waals surface area (Å²) in [4.78, 5) is 43.7. The molecule has 24 heavy (non-hydrogen) atoms. The van der Waals surface area contributed by atoms with Crippen LogP contribution in [0.15, 0.2) is 12.5 Å². The molecule has 0 aliphatic carbocycles. The number of ether oxygens (including phenoxy) is 1. The van der Waals surface area contributed by atoms with Gasteiger partial charge in [0.2, 0.25) is 6.41 Å². The van der Waals surface area contributed by atoms with Gasteiger partial charge >= 0.3 is 7.60 Å². The van der Waals surface area contributed by atoms with Crippen LogP contribution >= 0.6 is 7.60 Å². The quantitative estimate of drug-likeness (QED) is 0.148. The third kappa shape index (κ3) is 2.93. The van der Waals surface area contributed by atoms with Crippen LogP contribution in [-0.4, -0.2) is 70.8 Å². The lowest BCUT2D eigenvalue weighted by Crippen LogP contribution is -2.57. The van der Waals surface area contributed by atoms with Crippen LogP contribution in [0.3, 0.4) is 0 Å². The first-order valence-electron chi connectivity index (χ1n) is 6.37. The maximum absolute atomic E-state index is 11.5. The Kier molecular flexibility index (Phi) is 4.79. The molecule has 5 atom stereocenters. The number of carbonyl (C=O) groups excluding carboxylic acids is 2. The normalized spacial score (nSPS) is 29.9. The van der Waals surface area contributed by atoms with Crippen molar-refractivity contribution >= 4 is 19.9 Å². The SMILES string of the molecule is NC(=O)c1cn(C2O[C@@H](C(O)(NC=O)P(=O)(O)O)[C@H](O)[C@@H]2O)cn1. The van der Waals surface area contributed by atoms with E-state index in [1.54, 1.807) is 0 Å². The number of primary amides is 1. The van der Waals surface area contributed by atoms with Crippen molar-refractivity contribution < 1.29 is 44.0 Å². The minimum atomic E-state index is -5.43. The van der Waals surface area contributed by atoms with E-state index in [-0.39, 0.29) is 12.1 Å². The number of imidazole rings is 1. The number of amides is 2. The van der Waals surface area contributed by atoms with Crippen LogP contribution in [0, 0.1) is 0 Å². The van der Waals surface area contributed by atoms with E-state index in [4.69, 9.17) is 10.5 Å². The summed E-state index contributed by atoms with van der Waals surface area (Å²) in [5.74, 6) is -0.882. The predicted molar refractivity (Wildman–Crippen MR) is 72.9 cm³/mol. The van der Waals surface area contributed by atoms with Crippen LogP contribution in [0.2, 0.25) is 0 Å². The Balaban J connectivity index is 2.36. The fourth-order valence-corrected chi connectivity index (χ4v) is 3.03. The summed E-state index contributed by atoms with van der Waals surface area (Å²) >= 11 is 0. The molecule has 0 radical (unpaired) electrons. The lowest BCUT2D eigenvalue weighted by molar-refractivity contribution is -0.136. The summed E-state index contributed by atoms with van der Waals surface area (Å²) in [6.45, 7) is 0. The van der Waals surface area contributed by atoms with Crippen LogP contribution in [0.5, 0.6) is 0 Å². The molecule has 2 rings (SSSR count). The Morgan fingerprint density at radius 1 is 1.46 bits per heavy atom. The van der Waals surface area contributed by atoms with Crippen LogP contribution < -0.4 is 11.1 Å². The van der Waals surface area contributed by atoms with Gasteiger partial charge in [0.15, 0.2) is 6.23 Å². The fourth-order valence-electron chi connectivity index (χ4n) is 2.26. The van der Waals surface area contributed by atoms with Gasteiger partial charge < -0.3 is 45.5 Å². The van der Waals surface area contributed by atoms with Gasteiger partial charge in [-0.1, -0.05) is 0 Å². The standard InChI is InChI=1S/C10H15N4O9P/c11-8(18)4-1-14(2-12-4)9-6(17)5(16)7(23-9)10(19,13-3-15)24(20,21)22/h1-3,5-7,9,16-17,19H,(H2,11,18)(H,13,15)(H2,20,21,22)/t5-,6+,7-,9?,10?/m1/s1. The molecule has 134 valence electrons. The fraction of sp³-hybridized carbons (Fsp3) is 0.500. The zero-order valence-electron chi connectivity index (χ0n) is 11.8. The van der Waals surface area contributed by atoms with Crippen LogP contribution in [-0.2, 0) is 14.1 Å². The van der Waals surface area contributed by atoms with Gasteiger partial charge in [0.1, 0.15) is 24.0 Å². The van der Waals surface area contributed by atoms with Crippen molar-refractivity contribution in [3.05, 3.63) is 18.2 Å². The van der Waals surface area contributed by atoms with Crippen molar-refractivity contribution in [3.63, 3.8) is 0 Å². The average Bonchev–Trinajstić information content (AvgIpc) is 3.05. The van der Waals surface area contributed by atoms with Crippen molar-refractivity contribution in [1.29, 1.82) is 0 Å². The molecule has 1 saturated heterocycles. The number of hydrogen-bond donors (Lipinski definition) is 7. The Labute approximate surface area is 133 Å². The monoisotopic (exact) mass is 366 g/mol. The van der Waals surface area contributed by atoms with Crippen molar-refractivity contribution in [2.75, 3.05) is 0 Å². The van der Waals surface area contributed by atoms with E-state index in [0.717, 1.165) is 17.1 Å². The van der Waals surface area contributed by atoms with Gasteiger partial charge in [-0.3, -0.25) is 14.2 Å². The number of carbonyl (C=O) groups is 2. The van der Waals surface area contributed by atoms with E-state index in [2.05, 4.69) is 4.98 Å². The van der Waals surface area contributed by atoms with Crippen molar-refractivity contribution in [3.8, 4) is 0 Å². The van der Waals surface area contributed by atoms with E-state index in [9.17, 15) is 39.3 Å². The molecule has 8 N–H and O–H groups in total. The Bertz CT molecular complexity index is 690. The highest BCUT2D eigenvalue weighted by molar-refractivity contribution is 7.53. The molecular weight excluding hydrogens is 351 g/mol. The molecule has 2 unspecified atom stereocenters. The highest BCUT2D eigenvalue weighted by atomic mass is 31.2. The van der Waals surface area contributed by atoms with Gasteiger partial charge in [0.05, 0.1) is 6.33 Å². The summed E-state index contributed by atoms with van der Waals surface area (Å²) in [5, 5.41) is 31.6. The number of aromatic nitrogens is 2. The maximum atomic E-state index is 11.5. The molecule has 13 nitrogen and oxygen atoms in total. The zero-order chi connectivity index (χ0) is 18.3. The van der Waals surface area contributed by atoms with Gasteiger partial charge in [-0.25, -0.2) is 4.98 Å². The number of aliphatic hydroxyl groups is 3. The number of aliphatic hydroxyl groups excluding tert-OH is 2. The molecule has 14 heteroatoms. The molecule has 1 aromatic rings. The minimum absolute atomic E-state index is 0.194. The minimum Gasteiger partial charge on any atom is -0.387 e. The first-order chi connectivity index (χ1) is 11.0. The van der Waals surface area contributed by atoms with Gasteiger partial charge in [-0.2, -0.15) is 0 Å². The van der Waals surface area contributed by atoms with E-state index in [1.165, 1.54) is 5.32 Å². The molecule has 0 aromatic carbocycles. The summed E-state index contributed by atoms with van der Waals surface area (Å²) in [6, 6.07) is 0. The van der Waals surface area contributed by atoms with E-state index in [0.29, 0.717) is 0 Å². The number of nitrogens with one attached hydrogen (secondary N) is 1. The number of nitrogens with two attached hydrogens (primary N) is 1. The van der Waals surface area contributed by atoms with Gasteiger partial charge in [-0.15, -0.1) is 0 Å². The Morgan fingerprint density at radius 2 is 2.08 bits per heavy atom. The highest BCUT2D eigenvalue weighted by Crippen LogP contribution is 2.52. The maximum Gasteiger partial charge on any atom is 0.380 e. The van der Waals surface area contributed by atoms with E-state index >= 15 is 0 Å². The molecule has 2 amide bonds. The Hall–Kier alpha value is -1.86. The second-order valence-corrected chi connectivity index (χ2v) is 6.80. The molecule has 2 heterocycles. The topological polar surface area (TPSA) is 217 Å². The van der Waals surface area contributed by atoms with Crippen LogP contribution in [0.1, 0.15) is 16.7 Å². The first-order valence-corrected chi connectivity index (χ1v) is 7.98. The van der Waals surface area contributed by atoms with Gasteiger partial charge in [-0.05, 0) is 0 Å². The van der Waals surface area contributed by atoms with Gasteiger partial charge in [0, 0.05) is 6.20 Å². The molecule has 0 bridgehead atoms. The predicted octanol–water partition coefficient (Wildman–Crippen LogP) is -3.83. The Morgan fingerprint density at radius 3 is 2.54 bits per heavy atom. The van der Waals surface area contributed by atoms with E-state index < -0.39 is 43.5 Å². The zero-order valence-corrected chi connectivity index (χ0v) is 12.7. The molecule has 1 aliphatic heterocycles. The van der Waals surface area contributed by atoms with Crippen LogP contribution in [0.4, 0.5) is 0 Å². The number of nitrogens with zero attached hydrogens (tertiary/aromatic N) is 2. The largest absolute Gasteiger partial charge is 0.387 e. The molecule has 0 saturated carbocycles. The summed E-state index contributed by atoms with van der Waals surface area (Å²) in [5.41, 5.74) is 1.55. The molecular formula is C10H15N4O9P. The average molecular weight is 366 g/mol. The van der Waals surface area contributed by atoms with Crippen molar-refractivity contribution in [2.45, 2.75) is 30.0 Å². The second-order valence-electron chi connectivity index (χ2n) is 5.03. The lowest BCUT2D eigenvalue weighted by Gasteiger charge is -2.34. The van der Waals surface area contributed by atoms with E-state index in [1.807, 2.05) is 0 Å². The molecule has 0 spiro atoms. The van der Waals surface area contributed by atoms with Gasteiger partial charge in [0.25, 0.3) is 11.4 Å². The lowest BCUT2D eigenvalue weighted by atomic mass is 10.1. The summed E-state index contributed by atoms with van der Waals surface area (Å²) in [6.07, 6.45) is -5.41. The highest BCUT2D eigenvalue weighted by Gasteiger charge is 2.61. The third-order valence-corrected chi connectivity index (χ3v) is 4.77. The summed E-state index contributed by atoms with van der Waals surface area (Å²) < 4.78 is 17.6.